The Hall–Kier alpha value is -1.67. The van der Waals surface area contributed by atoms with Crippen LogP contribution in [0.25, 0.3) is 10.8 Å². The SMILES string of the molecule is CNCC1CCN(C(=O)CCNS(=O)(=O)c2ccc3ccccc3c2)CC1.Cl. The number of benzene rings is 2. The number of hydrogen-bond donors (Lipinski definition) is 2. The van der Waals surface area contributed by atoms with E-state index in [0.29, 0.717) is 5.92 Å². The molecule has 0 spiro atoms. The molecule has 3 rings (SSSR count). The van der Waals surface area contributed by atoms with Crippen LogP contribution in [0, 0.1) is 5.92 Å². The van der Waals surface area contributed by atoms with Crippen molar-refractivity contribution in [2.45, 2.75) is 24.2 Å². The molecule has 0 radical (unpaired) electrons. The number of halogens is 1. The first-order valence-corrected chi connectivity index (χ1v) is 10.9. The van der Waals surface area contributed by atoms with Crippen LogP contribution in [-0.2, 0) is 14.8 Å². The van der Waals surface area contributed by atoms with Gasteiger partial charge in [-0.15, -0.1) is 12.4 Å². The van der Waals surface area contributed by atoms with Crippen molar-refractivity contribution in [2.24, 2.45) is 5.92 Å². The summed E-state index contributed by atoms with van der Waals surface area (Å²) in [5, 5.41) is 5.05. The number of nitrogens with zero attached hydrogens (tertiary/aromatic N) is 1. The Labute approximate surface area is 173 Å². The van der Waals surface area contributed by atoms with Crippen molar-refractivity contribution >= 4 is 39.1 Å². The highest BCUT2D eigenvalue weighted by atomic mass is 35.5. The largest absolute Gasteiger partial charge is 0.343 e. The lowest BCUT2D eigenvalue weighted by Crippen LogP contribution is -2.41. The van der Waals surface area contributed by atoms with E-state index in [0.717, 1.165) is 43.2 Å². The van der Waals surface area contributed by atoms with Crippen molar-refractivity contribution in [3.8, 4) is 0 Å². The van der Waals surface area contributed by atoms with Crippen LogP contribution in [-0.4, -0.2) is 52.5 Å². The Balaban J connectivity index is 0.00000280. The van der Waals surface area contributed by atoms with Gasteiger partial charge in [0.25, 0.3) is 0 Å². The lowest BCUT2D eigenvalue weighted by atomic mass is 9.96. The van der Waals surface area contributed by atoms with Crippen molar-refractivity contribution in [3.05, 3.63) is 42.5 Å². The summed E-state index contributed by atoms with van der Waals surface area (Å²) in [7, 11) is -1.68. The summed E-state index contributed by atoms with van der Waals surface area (Å²) < 4.78 is 27.6. The second-order valence-electron chi connectivity index (χ2n) is 7.04. The maximum atomic E-state index is 12.5. The Morgan fingerprint density at radius 3 is 2.46 bits per heavy atom. The topological polar surface area (TPSA) is 78.5 Å². The molecule has 1 amide bonds. The third-order valence-corrected chi connectivity index (χ3v) is 6.58. The first-order chi connectivity index (χ1) is 13.0. The predicted molar refractivity (Wildman–Crippen MR) is 114 cm³/mol. The van der Waals surface area contributed by atoms with Crippen LogP contribution in [0.2, 0.25) is 0 Å². The number of carbonyl (C=O) groups is 1. The maximum absolute atomic E-state index is 12.5. The number of sulfonamides is 1. The maximum Gasteiger partial charge on any atom is 0.240 e. The molecule has 1 aliphatic heterocycles. The van der Waals surface area contributed by atoms with Crippen molar-refractivity contribution in [2.75, 3.05) is 33.2 Å². The van der Waals surface area contributed by atoms with Gasteiger partial charge in [-0.1, -0.05) is 30.3 Å². The molecule has 28 heavy (non-hydrogen) atoms. The predicted octanol–water partition coefficient (Wildman–Crippen LogP) is 2.39. The highest BCUT2D eigenvalue weighted by Gasteiger charge is 2.22. The molecule has 0 bridgehead atoms. The number of nitrogens with one attached hydrogen (secondary N) is 2. The van der Waals surface area contributed by atoms with E-state index in [1.54, 1.807) is 18.2 Å². The van der Waals surface area contributed by atoms with E-state index in [9.17, 15) is 13.2 Å². The fourth-order valence-electron chi connectivity index (χ4n) is 3.54. The van der Waals surface area contributed by atoms with E-state index < -0.39 is 10.0 Å². The van der Waals surface area contributed by atoms with Crippen LogP contribution in [0.3, 0.4) is 0 Å². The van der Waals surface area contributed by atoms with Gasteiger partial charge in [-0.3, -0.25) is 4.79 Å². The molecule has 1 heterocycles. The van der Waals surface area contributed by atoms with Gasteiger partial charge in [0.15, 0.2) is 0 Å². The van der Waals surface area contributed by atoms with Gasteiger partial charge in [-0.2, -0.15) is 0 Å². The summed E-state index contributed by atoms with van der Waals surface area (Å²) in [4.78, 5) is 14.4. The standard InChI is InChI=1S/C20H27N3O3S.ClH/c1-21-15-16-9-12-23(13-10-16)20(24)8-11-22-27(25,26)19-7-6-17-4-2-3-5-18(17)14-19;/h2-7,14,16,21-22H,8-13,15H2,1H3;1H. The van der Waals surface area contributed by atoms with Gasteiger partial charge < -0.3 is 10.2 Å². The molecule has 1 aliphatic rings. The molecule has 2 aromatic rings. The zero-order chi connectivity index (χ0) is 19.3. The Morgan fingerprint density at radius 1 is 1.11 bits per heavy atom. The minimum absolute atomic E-state index is 0. The Kier molecular flexibility index (Phi) is 8.24. The fraction of sp³-hybridized carbons (Fsp3) is 0.450. The highest BCUT2D eigenvalue weighted by Crippen LogP contribution is 2.19. The Morgan fingerprint density at radius 2 is 1.79 bits per heavy atom. The third-order valence-electron chi connectivity index (χ3n) is 5.12. The van der Waals surface area contributed by atoms with Gasteiger partial charge in [0, 0.05) is 26.1 Å². The first-order valence-electron chi connectivity index (χ1n) is 9.40. The second kappa shape index (κ2) is 10.2. The number of amides is 1. The van der Waals surface area contributed by atoms with Gasteiger partial charge in [-0.05, 0) is 55.3 Å². The molecule has 0 aromatic heterocycles. The zero-order valence-corrected chi connectivity index (χ0v) is 17.7. The van der Waals surface area contributed by atoms with Gasteiger partial charge >= 0.3 is 0 Å². The molecular weight excluding hydrogens is 398 g/mol. The minimum Gasteiger partial charge on any atom is -0.343 e. The molecule has 2 N–H and O–H groups in total. The highest BCUT2D eigenvalue weighted by molar-refractivity contribution is 7.89. The minimum atomic E-state index is -3.62. The lowest BCUT2D eigenvalue weighted by molar-refractivity contribution is -0.132. The van der Waals surface area contributed by atoms with Crippen molar-refractivity contribution < 1.29 is 13.2 Å². The van der Waals surface area contributed by atoms with Gasteiger partial charge in [-0.25, -0.2) is 13.1 Å². The van der Waals surface area contributed by atoms with Crippen LogP contribution < -0.4 is 10.0 Å². The molecule has 8 heteroatoms. The van der Waals surface area contributed by atoms with E-state index >= 15 is 0 Å². The normalized spacial score (nSPS) is 15.4. The number of hydrogen-bond acceptors (Lipinski definition) is 4. The average molecular weight is 426 g/mol. The number of rotatable bonds is 7. The lowest BCUT2D eigenvalue weighted by Gasteiger charge is -2.32. The van der Waals surface area contributed by atoms with Crippen LogP contribution in [0.1, 0.15) is 19.3 Å². The van der Waals surface area contributed by atoms with E-state index in [4.69, 9.17) is 0 Å². The van der Waals surface area contributed by atoms with Gasteiger partial charge in [0.05, 0.1) is 4.90 Å². The van der Waals surface area contributed by atoms with E-state index in [1.807, 2.05) is 36.2 Å². The summed E-state index contributed by atoms with van der Waals surface area (Å²) in [6.07, 6.45) is 2.17. The molecule has 1 fully saturated rings. The monoisotopic (exact) mass is 425 g/mol. The molecule has 2 aromatic carbocycles. The molecule has 0 aliphatic carbocycles. The smallest absolute Gasteiger partial charge is 0.240 e. The molecule has 1 saturated heterocycles. The molecule has 6 nitrogen and oxygen atoms in total. The van der Waals surface area contributed by atoms with Crippen LogP contribution >= 0.6 is 12.4 Å². The molecular formula is C20H28ClN3O3S. The van der Waals surface area contributed by atoms with E-state index in [2.05, 4.69) is 10.0 Å². The second-order valence-corrected chi connectivity index (χ2v) is 8.81. The first kappa shape index (κ1) is 22.6. The third kappa shape index (κ3) is 5.67. The summed E-state index contributed by atoms with van der Waals surface area (Å²) in [5.41, 5.74) is 0. The molecule has 0 unspecified atom stereocenters. The number of likely N-dealkylation sites (tertiary alicyclic amines) is 1. The Bertz CT molecular complexity index is 896. The number of piperidine rings is 1. The quantitative estimate of drug-likeness (QED) is 0.713. The summed E-state index contributed by atoms with van der Waals surface area (Å²) >= 11 is 0. The van der Waals surface area contributed by atoms with Crippen molar-refractivity contribution in [1.29, 1.82) is 0 Å². The van der Waals surface area contributed by atoms with E-state index in [1.165, 1.54) is 0 Å². The number of carbonyl (C=O) groups excluding carboxylic acids is 1. The van der Waals surface area contributed by atoms with Crippen LogP contribution in [0.15, 0.2) is 47.4 Å². The molecule has 154 valence electrons. The fourth-order valence-corrected chi connectivity index (χ4v) is 4.61. The molecule has 0 atom stereocenters. The molecule has 0 saturated carbocycles. The summed E-state index contributed by atoms with van der Waals surface area (Å²) in [6.45, 7) is 2.60. The summed E-state index contributed by atoms with van der Waals surface area (Å²) in [6, 6.07) is 12.7. The van der Waals surface area contributed by atoms with Crippen molar-refractivity contribution in [3.63, 3.8) is 0 Å². The number of fused-ring (bicyclic) bond motifs is 1. The van der Waals surface area contributed by atoms with Crippen molar-refractivity contribution in [1.82, 2.24) is 14.9 Å². The van der Waals surface area contributed by atoms with Gasteiger partial charge in [0.2, 0.25) is 15.9 Å². The summed E-state index contributed by atoms with van der Waals surface area (Å²) in [5.74, 6) is 0.629. The van der Waals surface area contributed by atoms with Gasteiger partial charge in [0.1, 0.15) is 0 Å². The zero-order valence-electron chi connectivity index (χ0n) is 16.1. The average Bonchev–Trinajstić information content (AvgIpc) is 2.68. The van der Waals surface area contributed by atoms with E-state index in [-0.39, 0.29) is 36.2 Å². The van der Waals surface area contributed by atoms with Crippen LogP contribution in [0.4, 0.5) is 0 Å². The van der Waals surface area contributed by atoms with Crippen LogP contribution in [0.5, 0.6) is 0 Å².